The molecule has 2 N–H and O–H groups in total. The topological polar surface area (TPSA) is 58.2 Å². The number of fused-ring (bicyclic) bond motifs is 1. The van der Waals surface area contributed by atoms with Gasteiger partial charge in [0.05, 0.1) is 5.69 Å². The maximum Gasteiger partial charge on any atom is 0.247 e. The van der Waals surface area contributed by atoms with Crippen molar-refractivity contribution in [1.29, 1.82) is 0 Å². The van der Waals surface area contributed by atoms with E-state index in [-0.39, 0.29) is 11.4 Å². The van der Waals surface area contributed by atoms with Crippen molar-refractivity contribution in [2.75, 3.05) is 22.6 Å². The summed E-state index contributed by atoms with van der Waals surface area (Å²) in [5.41, 5.74) is 0.161. The van der Waals surface area contributed by atoms with Gasteiger partial charge in [-0.25, -0.2) is 8.78 Å². The molecule has 18 heavy (non-hydrogen) atoms. The van der Waals surface area contributed by atoms with E-state index in [1.54, 1.807) is 0 Å². The number of anilines is 2. The van der Waals surface area contributed by atoms with Crippen LogP contribution in [0.2, 0.25) is 0 Å². The van der Waals surface area contributed by atoms with Gasteiger partial charge in [0.1, 0.15) is 17.5 Å². The molecule has 0 aromatic heterocycles. The van der Waals surface area contributed by atoms with Crippen LogP contribution in [-0.4, -0.2) is 28.2 Å². The van der Waals surface area contributed by atoms with Gasteiger partial charge >= 0.3 is 0 Å². The molecule has 0 spiro atoms. The molecule has 1 aliphatic heterocycles. The first-order chi connectivity index (χ1) is 8.47. The molecule has 0 saturated carbocycles. The predicted molar refractivity (Wildman–Crippen MR) is 65.9 cm³/mol. The fourth-order valence-electron chi connectivity index (χ4n) is 1.77. The van der Waals surface area contributed by atoms with Crippen LogP contribution in [0.1, 0.15) is 6.42 Å². The van der Waals surface area contributed by atoms with Crippen molar-refractivity contribution in [2.45, 2.75) is 12.5 Å². The van der Waals surface area contributed by atoms with Gasteiger partial charge in [-0.1, -0.05) is 0 Å². The van der Waals surface area contributed by atoms with E-state index < -0.39 is 34.4 Å². The summed E-state index contributed by atoms with van der Waals surface area (Å²) < 4.78 is 37.4. The van der Waals surface area contributed by atoms with E-state index in [1.807, 2.05) is 0 Å². The van der Waals surface area contributed by atoms with E-state index in [9.17, 15) is 17.8 Å². The van der Waals surface area contributed by atoms with Gasteiger partial charge in [0.25, 0.3) is 0 Å². The Morgan fingerprint density at radius 1 is 1.39 bits per heavy atom. The molecule has 1 aromatic carbocycles. The van der Waals surface area contributed by atoms with Crippen molar-refractivity contribution in [3.8, 4) is 0 Å². The van der Waals surface area contributed by atoms with Crippen LogP contribution in [0, 0.1) is 11.6 Å². The van der Waals surface area contributed by atoms with Crippen molar-refractivity contribution in [1.82, 2.24) is 0 Å². The summed E-state index contributed by atoms with van der Waals surface area (Å²) in [5, 5.41) is 5.14. The number of benzene rings is 1. The fourth-order valence-corrected chi connectivity index (χ4v) is 2.33. The lowest BCUT2D eigenvalue weighted by atomic mass is 10.1. The summed E-state index contributed by atoms with van der Waals surface area (Å²) in [5.74, 6) is -1.59. The van der Waals surface area contributed by atoms with Crippen molar-refractivity contribution < 1.29 is 17.8 Å². The summed E-state index contributed by atoms with van der Waals surface area (Å²) in [7, 11) is -1.02. The highest BCUT2D eigenvalue weighted by Crippen LogP contribution is 2.31. The molecule has 98 valence electrons. The second kappa shape index (κ2) is 5.01. The lowest BCUT2D eigenvalue weighted by Crippen LogP contribution is -2.40. The monoisotopic (exact) mass is 274 g/mol. The normalized spacial score (nSPS) is 19.7. The van der Waals surface area contributed by atoms with Crippen LogP contribution in [0.25, 0.3) is 0 Å². The third-order valence-electron chi connectivity index (χ3n) is 2.64. The molecule has 0 bridgehead atoms. The first-order valence-corrected chi connectivity index (χ1v) is 7.06. The first kappa shape index (κ1) is 12.9. The highest BCUT2D eigenvalue weighted by molar-refractivity contribution is 7.84. The number of halogens is 2. The average molecular weight is 274 g/mol. The first-order valence-electron chi connectivity index (χ1n) is 5.34. The lowest BCUT2D eigenvalue weighted by Gasteiger charge is -2.26. The van der Waals surface area contributed by atoms with E-state index in [4.69, 9.17) is 0 Å². The van der Waals surface area contributed by atoms with Gasteiger partial charge in [-0.05, 0) is 12.5 Å². The molecule has 2 unspecified atom stereocenters. The van der Waals surface area contributed by atoms with Gasteiger partial charge in [-0.2, -0.15) is 0 Å². The SMILES string of the molecule is CS(=O)CCC1Nc2cc(F)cc(F)c2NC1=O. The van der Waals surface area contributed by atoms with Crippen LogP contribution in [-0.2, 0) is 15.6 Å². The molecule has 4 nitrogen and oxygen atoms in total. The van der Waals surface area contributed by atoms with Gasteiger partial charge in [0, 0.05) is 28.9 Å². The van der Waals surface area contributed by atoms with Crippen LogP contribution < -0.4 is 10.6 Å². The smallest absolute Gasteiger partial charge is 0.247 e. The zero-order valence-electron chi connectivity index (χ0n) is 9.63. The Labute approximate surface area is 105 Å². The molecular weight excluding hydrogens is 262 g/mol. The third kappa shape index (κ3) is 2.66. The quantitative estimate of drug-likeness (QED) is 0.877. The Hall–Kier alpha value is -1.50. The number of carbonyl (C=O) groups is 1. The zero-order chi connectivity index (χ0) is 13.3. The van der Waals surface area contributed by atoms with Crippen LogP contribution in [0.3, 0.4) is 0 Å². The van der Waals surface area contributed by atoms with Gasteiger partial charge in [0.15, 0.2) is 5.82 Å². The average Bonchev–Trinajstić information content (AvgIpc) is 2.27. The van der Waals surface area contributed by atoms with E-state index in [0.29, 0.717) is 18.2 Å². The standard InChI is InChI=1S/C11H12F2N2O2S/c1-18(17)3-2-8-11(16)15-10-7(13)4-6(12)5-9(10)14-8/h4-5,8,14H,2-3H2,1H3,(H,15,16). The lowest BCUT2D eigenvalue weighted by molar-refractivity contribution is -0.117. The fraction of sp³-hybridized carbons (Fsp3) is 0.364. The molecule has 1 heterocycles. The summed E-state index contributed by atoms with van der Waals surface area (Å²) >= 11 is 0. The molecule has 2 rings (SSSR count). The van der Waals surface area contributed by atoms with Crippen LogP contribution in [0.5, 0.6) is 0 Å². The highest BCUT2D eigenvalue weighted by atomic mass is 32.2. The number of nitrogens with one attached hydrogen (secondary N) is 2. The molecule has 1 amide bonds. The highest BCUT2D eigenvalue weighted by Gasteiger charge is 2.27. The maximum atomic E-state index is 13.4. The van der Waals surface area contributed by atoms with Gasteiger partial charge in [-0.3, -0.25) is 9.00 Å². The minimum atomic E-state index is -1.02. The van der Waals surface area contributed by atoms with Crippen molar-refractivity contribution in [3.05, 3.63) is 23.8 Å². The van der Waals surface area contributed by atoms with E-state index in [1.165, 1.54) is 6.26 Å². The molecule has 1 aliphatic rings. The summed E-state index contributed by atoms with van der Waals surface area (Å²) in [4.78, 5) is 11.7. The third-order valence-corrected chi connectivity index (χ3v) is 3.45. The Morgan fingerprint density at radius 3 is 2.78 bits per heavy atom. The largest absolute Gasteiger partial charge is 0.372 e. The van der Waals surface area contributed by atoms with Crippen LogP contribution in [0.15, 0.2) is 12.1 Å². The van der Waals surface area contributed by atoms with E-state index in [2.05, 4.69) is 10.6 Å². The Bertz CT molecular complexity index is 522. The number of carbonyl (C=O) groups excluding carboxylic acids is 1. The van der Waals surface area contributed by atoms with E-state index in [0.717, 1.165) is 6.07 Å². The van der Waals surface area contributed by atoms with Crippen molar-refractivity contribution >= 4 is 28.1 Å². The zero-order valence-corrected chi connectivity index (χ0v) is 10.4. The van der Waals surface area contributed by atoms with Crippen LogP contribution in [0.4, 0.5) is 20.2 Å². The molecule has 0 aliphatic carbocycles. The van der Waals surface area contributed by atoms with Gasteiger partial charge < -0.3 is 10.6 Å². The predicted octanol–water partition coefficient (Wildman–Crippen LogP) is 1.47. The van der Waals surface area contributed by atoms with Gasteiger partial charge in [-0.15, -0.1) is 0 Å². The molecule has 7 heteroatoms. The summed E-state index contributed by atoms with van der Waals surface area (Å²) in [6.07, 6.45) is 1.88. The second-order valence-corrected chi connectivity index (χ2v) is 5.62. The molecule has 0 saturated heterocycles. The number of hydrogen-bond donors (Lipinski definition) is 2. The molecule has 2 atom stereocenters. The summed E-state index contributed by atoms with van der Waals surface area (Å²) in [6.45, 7) is 0. The molecule has 0 radical (unpaired) electrons. The molecular formula is C11H12F2N2O2S. The second-order valence-electron chi connectivity index (χ2n) is 4.06. The Morgan fingerprint density at radius 2 is 2.11 bits per heavy atom. The number of amides is 1. The Balaban J connectivity index is 2.21. The Kier molecular flexibility index (Phi) is 3.60. The number of rotatable bonds is 3. The maximum absolute atomic E-state index is 13.4. The van der Waals surface area contributed by atoms with Gasteiger partial charge in [0.2, 0.25) is 5.91 Å². The minimum Gasteiger partial charge on any atom is -0.372 e. The van der Waals surface area contributed by atoms with Crippen LogP contribution >= 0.6 is 0 Å². The summed E-state index contributed by atoms with van der Waals surface area (Å²) in [6, 6.07) is 1.21. The molecule has 0 fully saturated rings. The minimum absolute atomic E-state index is 0.0460. The molecule has 1 aromatic rings. The van der Waals surface area contributed by atoms with Crippen molar-refractivity contribution in [2.24, 2.45) is 0 Å². The van der Waals surface area contributed by atoms with E-state index >= 15 is 0 Å². The number of hydrogen-bond acceptors (Lipinski definition) is 3. The van der Waals surface area contributed by atoms with Crippen molar-refractivity contribution in [3.63, 3.8) is 0 Å².